The van der Waals surface area contributed by atoms with Gasteiger partial charge in [0.2, 0.25) is 10.0 Å². The summed E-state index contributed by atoms with van der Waals surface area (Å²) in [4.78, 5) is 12.1. The third-order valence-corrected chi connectivity index (χ3v) is 14.5. The largest absolute Gasteiger partial charge is 0.497 e. The van der Waals surface area contributed by atoms with Crippen LogP contribution in [0.4, 0.5) is 0 Å². The van der Waals surface area contributed by atoms with Gasteiger partial charge in [-0.1, -0.05) is 25.3 Å². The van der Waals surface area contributed by atoms with E-state index >= 15 is 0 Å². The van der Waals surface area contributed by atoms with Crippen LogP contribution in [0.15, 0.2) is 36.4 Å². The number of aromatic carboxylic acids is 1. The quantitative estimate of drug-likeness (QED) is 0.430. The van der Waals surface area contributed by atoms with Crippen molar-refractivity contribution in [1.29, 1.82) is 0 Å². The van der Waals surface area contributed by atoms with E-state index < -0.39 is 30.8 Å². The Kier molecular flexibility index (Phi) is 6.73. The van der Waals surface area contributed by atoms with Crippen molar-refractivity contribution in [2.75, 3.05) is 39.5 Å². The number of carbonyl (C=O) groups is 1. The lowest BCUT2D eigenvalue weighted by molar-refractivity contribution is -0.772. The molecule has 0 bridgehead atoms. The highest BCUT2D eigenvalue weighted by atomic mass is 32.2. The van der Waals surface area contributed by atoms with Crippen LogP contribution in [0.2, 0.25) is 0 Å². The molecule has 12 heteroatoms. The molecule has 2 aromatic carbocycles. The van der Waals surface area contributed by atoms with E-state index in [0.717, 1.165) is 53.4 Å². The fourth-order valence-corrected chi connectivity index (χ4v) is 11.3. The monoisotopic (exact) mass is 628 g/mol. The van der Waals surface area contributed by atoms with E-state index in [2.05, 4.69) is 4.57 Å². The molecule has 7 rings (SSSR count). The number of nitrogens with one attached hydrogen (secondary N) is 1. The molecular formula is C31H38N3O7S2+. The van der Waals surface area contributed by atoms with Crippen LogP contribution in [-0.2, 0) is 26.6 Å². The number of methoxy groups -OCH3 is 1. The van der Waals surface area contributed by atoms with E-state index in [1.54, 1.807) is 19.2 Å². The number of piperazine rings is 1. The summed E-state index contributed by atoms with van der Waals surface area (Å²) >= 11 is 0. The van der Waals surface area contributed by atoms with Crippen molar-refractivity contribution in [2.45, 2.75) is 61.7 Å². The Hall–Kier alpha value is -2.93. The summed E-state index contributed by atoms with van der Waals surface area (Å²) in [5.74, 6) is -0.320. The van der Waals surface area contributed by atoms with Gasteiger partial charge in [-0.05, 0) is 66.6 Å². The van der Waals surface area contributed by atoms with Crippen molar-refractivity contribution in [3.8, 4) is 17.0 Å². The number of sulfonamides is 2. The summed E-state index contributed by atoms with van der Waals surface area (Å²) in [6.45, 7) is 0.890. The van der Waals surface area contributed by atoms with Crippen LogP contribution in [0.25, 0.3) is 22.2 Å². The fraction of sp³-hybridized carbons (Fsp3) is 0.516. The predicted octanol–water partition coefficient (Wildman–Crippen LogP) is 2.79. The summed E-state index contributed by atoms with van der Waals surface area (Å²) < 4.78 is 62.1. The van der Waals surface area contributed by atoms with E-state index in [9.17, 15) is 26.7 Å². The number of carboxylic acid groups (broad SMARTS) is 1. The molecule has 1 aromatic heterocycles. The van der Waals surface area contributed by atoms with Gasteiger partial charge in [0.25, 0.3) is 10.0 Å². The van der Waals surface area contributed by atoms with Gasteiger partial charge in [-0.2, -0.15) is 12.7 Å². The molecule has 1 saturated heterocycles. The van der Waals surface area contributed by atoms with Crippen LogP contribution in [0, 0.1) is 0 Å². The third kappa shape index (κ3) is 4.43. The number of hydrogen-bond donors (Lipinski definition) is 2. The molecule has 0 spiro atoms. The van der Waals surface area contributed by atoms with Crippen molar-refractivity contribution >= 4 is 36.9 Å². The zero-order valence-corrected chi connectivity index (χ0v) is 26.1. The Balaban J connectivity index is 1.43. The van der Waals surface area contributed by atoms with Gasteiger partial charge >= 0.3 is 5.97 Å². The van der Waals surface area contributed by atoms with Gasteiger partial charge in [-0.25, -0.2) is 17.5 Å². The van der Waals surface area contributed by atoms with E-state index in [-0.39, 0.29) is 44.2 Å². The van der Waals surface area contributed by atoms with E-state index in [1.165, 1.54) is 22.5 Å². The Morgan fingerprint density at radius 1 is 1.02 bits per heavy atom. The number of quaternary nitrogens is 1. The molecule has 2 aliphatic heterocycles. The molecule has 43 heavy (non-hydrogen) atoms. The Bertz CT molecular complexity index is 1850. The highest BCUT2D eigenvalue weighted by Crippen LogP contribution is 2.64. The first-order chi connectivity index (χ1) is 20.5. The lowest BCUT2D eigenvalue weighted by Crippen LogP contribution is -3.16. The van der Waals surface area contributed by atoms with Crippen LogP contribution in [0.5, 0.6) is 5.75 Å². The number of benzene rings is 2. The van der Waals surface area contributed by atoms with Gasteiger partial charge in [0, 0.05) is 28.9 Å². The molecule has 4 aliphatic rings. The third-order valence-electron chi connectivity index (χ3n) is 10.4. The Labute approximate surface area is 252 Å². The van der Waals surface area contributed by atoms with Crippen LogP contribution >= 0.6 is 0 Å². The fourth-order valence-electron chi connectivity index (χ4n) is 8.03. The number of nitrogens with zero attached hydrogens (tertiary/aromatic N) is 2. The SMILES string of the molecule is COc1ccc2c(c1)C1CC1(S(=O)(=O)N1CC[NH+](S(C)(=O)=O)CC1)Cn1c-2c(C2CCCCC2)c2ccc(C(=O)O)cc21. The molecule has 2 atom stereocenters. The maximum absolute atomic E-state index is 14.6. The number of rotatable bonds is 6. The lowest BCUT2D eigenvalue weighted by Gasteiger charge is -2.33. The topological polar surface area (TPSA) is 127 Å². The molecule has 0 radical (unpaired) electrons. The number of fused-ring (bicyclic) bond motifs is 7. The second-order valence-corrected chi connectivity index (χ2v) is 17.1. The highest BCUT2D eigenvalue weighted by Gasteiger charge is 2.68. The molecule has 0 amide bonds. The summed E-state index contributed by atoms with van der Waals surface area (Å²) in [7, 11) is -5.60. The summed E-state index contributed by atoms with van der Waals surface area (Å²) in [6, 6.07) is 11.2. The van der Waals surface area contributed by atoms with Gasteiger partial charge in [0.15, 0.2) is 0 Å². The molecule has 10 nitrogen and oxygen atoms in total. The van der Waals surface area contributed by atoms with Crippen LogP contribution < -0.4 is 9.04 Å². The number of hydrogen-bond acceptors (Lipinski definition) is 6. The average Bonchev–Trinajstić information content (AvgIpc) is 3.68. The number of carboxylic acids is 1. The minimum absolute atomic E-state index is 0.139. The molecule has 2 aliphatic carbocycles. The van der Waals surface area contributed by atoms with Gasteiger partial charge in [0.1, 0.15) is 23.6 Å². The van der Waals surface area contributed by atoms with Crippen LogP contribution in [-0.4, -0.2) is 81.1 Å². The molecule has 2 unspecified atom stereocenters. The van der Waals surface area contributed by atoms with Crippen LogP contribution in [0.1, 0.15) is 71.8 Å². The molecule has 2 N–H and O–H groups in total. The zero-order valence-electron chi connectivity index (χ0n) is 24.5. The van der Waals surface area contributed by atoms with Crippen molar-refractivity contribution in [3.63, 3.8) is 0 Å². The molecule has 2 saturated carbocycles. The normalized spacial score (nSPS) is 25.0. The van der Waals surface area contributed by atoms with Gasteiger partial charge < -0.3 is 14.4 Å². The van der Waals surface area contributed by atoms with Crippen molar-refractivity contribution in [3.05, 3.63) is 53.1 Å². The first-order valence-corrected chi connectivity index (χ1v) is 18.4. The number of ether oxygens (including phenoxy) is 1. The smallest absolute Gasteiger partial charge is 0.335 e. The summed E-state index contributed by atoms with van der Waals surface area (Å²) in [5.41, 5.74) is 5.05. The van der Waals surface area contributed by atoms with E-state index in [4.69, 9.17) is 4.74 Å². The average molecular weight is 629 g/mol. The predicted molar refractivity (Wildman–Crippen MR) is 163 cm³/mol. The van der Waals surface area contributed by atoms with Crippen molar-refractivity contribution < 1.29 is 35.8 Å². The second-order valence-electron chi connectivity index (χ2n) is 12.7. The summed E-state index contributed by atoms with van der Waals surface area (Å²) in [6.07, 6.45) is 7.15. The van der Waals surface area contributed by atoms with Gasteiger partial charge in [-0.15, -0.1) is 0 Å². The van der Waals surface area contributed by atoms with Gasteiger partial charge in [-0.3, -0.25) is 0 Å². The van der Waals surface area contributed by atoms with Gasteiger partial charge in [0.05, 0.1) is 37.7 Å². The molecule has 230 valence electrons. The lowest BCUT2D eigenvalue weighted by atomic mass is 9.81. The molecule has 3 heterocycles. The second kappa shape index (κ2) is 10.0. The first kappa shape index (κ1) is 28.8. The van der Waals surface area contributed by atoms with E-state index in [0.29, 0.717) is 22.4 Å². The first-order valence-electron chi connectivity index (χ1n) is 15.1. The van der Waals surface area contributed by atoms with E-state index in [1.807, 2.05) is 24.3 Å². The molecular weight excluding hydrogens is 590 g/mol. The van der Waals surface area contributed by atoms with Crippen molar-refractivity contribution in [2.24, 2.45) is 0 Å². The maximum atomic E-state index is 14.6. The number of aromatic nitrogens is 1. The minimum Gasteiger partial charge on any atom is -0.497 e. The van der Waals surface area contributed by atoms with Crippen LogP contribution in [0.3, 0.4) is 0 Å². The molecule has 3 aromatic rings. The highest BCUT2D eigenvalue weighted by molar-refractivity contribution is 7.91. The minimum atomic E-state index is -3.87. The Morgan fingerprint density at radius 3 is 2.40 bits per heavy atom. The molecule has 3 fully saturated rings. The summed E-state index contributed by atoms with van der Waals surface area (Å²) in [5, 5.41) is 10.9. The maximum Gasteiger partial charge on any atom is 0.335 e. The standard InChI is InChI=1S/C31H37N3O7S2/c1-41-22-9-11-23-25(17-22)26-18-31(26,43(39,40)33-14-12-32(13-15-33)42(2,37)38)19-34-27-16-21(30(35)36)8-10-24(27)28(29(23)34)20-6-4-3-5-7-20/h8-11,16-17,20,26H,3-7,12-15,18-19H2,1-2H3,(H,35,36)/p+1. The Morgan fingerprint density at radius 2 is 1.74 bits per heavy atom. The zero-order chi connectivity index (χ0) is 30.3. The van der Waals surface area contributed by atoms with Crippen molar-refractivity contribution in [1.82, 2.24) is 8.87 Å².